The highest BCUT2D eigenvalue weighted by Crippen LogP contribution is 2.51. The van der Waals surface area contributed by atoms with Crippen LogP contribution in [0.1, 0.15) is 25.0 Å². The number of para-hydroxylation sites is 6. The van der Waals surface area contributed by atoms with Gasteiger partial charge < -0.3 is 18.6 Å². The summed E-state index contributed by atoms with van der Waals surface area (Å²) in [5.41, 5.74) is 17.2. The van der Waals surface area contributed by atoms with Crippen LogP contribution in [0.4, 0.5) is 34.1 Å². The van der Waals surface area contributed by atoms with Gasteiger partial charge in [0.2, 0.25) is 0 Å². The first-order valence-corrected chi connectivity index (χ1v) is 25.1. The van der Waals surface area contributed by atoms with E-state index in [0.29, 0.717) is 0 Å². The minimum absolute atomic E-state index is 0.881. The monoisotopic (exact) mass is 924 g/mol. The molecule has 0 spiro atoms. The van der Waals surface area contributed by atoms with Crippen LogP contribution in [0.2, 0.25) is 0 Å². The Bertz CT molecular complexity index is 4090. The van der Waals surface area contributed by atoms with Gasteiger partial charge in [0.05, 0.1) is 11.4 Å². The molecule has 4 nitrogen and oxygen atoms in total. The quantitative estimate of drug-likeness (QED) is 0.128. The molecule has 0 aliphatic carbocycles. The molecule has 14 rings (SSSR count). The lowest BCUT2D eigenvalue weighted by molar-refractivity contribution is 0.669. The zero-order valence-electron chi connectivity index (χ0n) is 40.1. The van der Waals surface area contributed by atoms with Gasteiger partial charge in [-0.15, -0.1) is 0 Å². The number of rotatable bonds is 10. The van der Waals surface area contributed by atoms with Crippen LogP contribution in [0, 0.1) is 0 Å². The average molecular weight is 925 g/mol. The van der Waals surface area contributed by atoms with Gasteiger partial charge in [-0.3, -0.25) is 0 Å². The molecule has 0 fully saturated rings. The van der Waals surface area contributed by atoms with E-state index in [1.165, 1.54) is 43.4 Å². The second-order valence-electron chi connectivity index (χ2n) is 18.9. The molecule has 14 aromatic rings. The zero-order valence-corrected chi connectivity index (χ0v) is 40.1. The number of nitrogens with zero attached hydrogens (tertiary/aromatic N) is 2. The highest BCUT2D eigenvalue weighted by Gasteiger charge is 2.25. The minimum Gasteiger partial charge on any atom is -0.455 e. The van der Waals surface area contributed by atoms with E-state index in [1.54, 1.807) is 0 Å². The molecule has 72 heavy (non-hydrogen) atoms. The van der Waals surface area contributed by atoms with Crippen molar-refractivity contribution in [1.82, 2.24) is 0 Å². The number of hydrogen-bond donors (Lipinski definition) is 0. The lowest BCUT2D eigenvalue weighted by atomic mass is 9.86. The van der Waals surface area contributed by atoms with Gasteiger partial charge in [-0.25, -0.2) is 0 Å². The third-order valence-electron chi connectivity index (χ3n) is 14.9. The van der Waals surface area contributed by atoms with Crippen LogP contribution in [0.15, 0.2) is 239 Å². The van der Waals surface area contributed by atoms with E-state index in [-0.39, 0.29) is 0 Å². The predicted molar refractivity (Wildman–Crippen MR) is 304 cm³/mol. The summed E-state index contributed by atoms with van der Waals surface area (Å²) in [6.07, 6.45) is 1.76. The third-order valence-corrected chi connectivity index (χ3v) is 14.9. The maximum Gasteiger partial charge on any atom is 0.143 e. The van der Waals surface area contributed by atoms with Gasteiger partial charge >= 0.3 is 0 Å². The topological polar surface area (TPSA) is 32.8 Å². The first-order valence-electron chi connectivity index (χ1n) is 25.1. The number of furan rings is 2. The van der Waals surface area contributed by atoms with Crippen molar-refractivity contribution in [2.45, 2.75) is 26.7 Å². The molecule has 2 aromatic heterocycles. The van der Waals surface area contributed by atoms with E-state index in [0.717, 1.165) is 113 Å². The summed E-state index contributed by atoms with van der Waals surface area (Å²) in [4.78, 5) is 4.92. The Morgan fingerprint density at radius 2 is 0.681 bits per heavy atom. The Labute approximate surface area is 417 Å². The second-order valence-corrected chi connectivity index (χ2v) is 18.9. The van der Waals surface area contributed by atoms with E-state index in [1.807, 2.05) is 12.1 Å². The molecule has 0 bridgehead atoms. The molecule has 0 N–H and O–H groups in total. The van der Waals surface area contributed by atoms with Gasteiger partial charge in [-0.2, -0.15) is 0 Å². The summed E-state index contributed by atoms with van der Waals surface area (Å²) in [7, 11) is 0. The number of benzene rings is 12. The van der Waals surface area contributed by atoms with Crippen molar-refractivity contribution in [3.8, 4) is 22.3 Å². The molecule has 0 amide bonds. The van der Waals surface area contributed by atoms with Crippen LogP contribution in [-0.2, 0) is 12.8 Å². The predicted octanol–water partition coefficient (Wildman–Crippen LogP) is 19.8. The zero-order chi connectivity index (χ0) is 47.9. The molecular formula is C68H48N2O2. The van der Waals surface area contributed by atoms with E-state index >= 15 is 0 Å². The Morgan fingerprint density at radius 1 is 0.306 bits per heavy atom. The number of fused-ring (bicyclic) bond motifs is 6. The number of anilines is 6. The van der Waals surface area contributed by atoms with Crippen molar-refractivity contribution in [2.75, 3.05) is 9.80 Å². The minimum atomic E-state index is 0.881. The fourth-order valence-electron chi connectivity index (χ4n) is 11.6. The van der Waals surface area contributed by atoms with Gasteiger partial charge in [0.15, 0.2) is 0 Å². The molecular weight excluding hydrogens is 877 g/mol. The normalized spacial score (nSPS) is 11.9. The first-order chi connectivity index (χ1) is 35.6. The molecule has 0 aliphatic rings. The van der Waals surface area contributed by atoms with Crippen molar-refractivity contribution in [2.24, 2.45) is 0 Å². The summed E-state index contributed by atoms with van der Waals surface area (Å²) in [6.45, 7) is 4.58. The fraction of sp³-hybridized carbons (Fsp3) is 0.0588. The number of aryl methyl sites for hydroxylation is 2. The molecule has 4 heteroatoms. The highest BCUT2D eigenvalue weighted by atomic mass is 16.3. The summed E-state index contributed by atoms with van der Waals surface area (Å²) in [6, 6.07) is 83.6. The lowest BCUT2D eigenvalue weighted by Gasteiger charge is -2.31. The lowest BCUT2D eigenvalue weighted by Crippen LogP contribution is -2.12. The Balaban J connectivity index is 0.990. The molecule has 2 heterocycles. The SMILES string of the molecule is CCc1cc(N(c2ccccc2)c2cccc(-c3cccc4c3oc3ccccc34)c2)c2ccc3c(CC)cc(N(c4ccccc4)c4cccc(-c5cccc6c5oc5ccccc56)c4)c4ccc1c2c34. The van der Waals surface area contributed by atoms with Crippen LogP contribution in [-0.4, -0.2) is 0 Å². The molecule has 342 valence electrons. The van der Waals surface area contributed by atoms with Crippen molar-refractivity contribution in [3.05, 3.63) is 242 Å². The van der Waals surface area contributed by atoms with Crippen molar-refractivity contribution in [3.63, 3.8) is 0 Å². The largest absolute Gasteiger partial charge is 0.455 e. The summed E-state index contributed by atoms with van der Waals surface area (Å²) >= 11 is 0. The van der Waals surface area contributed by atoms with E-state index in [2.05, 4.69) is 242 Å². The molecule has 0 saturated heterocycles. The summed E-state index contributed by atoms with van der Waals surface area (Å²) < 4.78 is 13.2. The standard InChI is InChI=1S/C68H48N2O2/c1-3-43-41-61(69(47-21-7-5-8-22-47)49-25-15-19-45(39-49)53-29-17-31-57-55-27-11-13-33-63(55)71-67(53)57)59-38-36-52-44(4-2)42-62(60-37-35-51(43)65(59)66(52)60)70(48-23-9-6-10-24-48)50-26-16-20-46(40-50)54-30-18-32-58-56-28-12-14-34-64(56)72-68(54)58/h5-42H,3-4H2,1-2H3. The summed E-state index contributed by atoms with van der Waals surface area (Å²) in [5, 5.41) is 12.1. The Morgan fingerprint density at radius 3 is 1.12 bits per heavy atom. The van der Waals surface area contributed by atoms with Gasteiger partial charge in [0.25, 0.3) is 0 Å². The van der Waals surface area contributed by atoms with Crippen molar-refractivity contribution < 1.29 is 8.83 Å². The molecule has 0 atom stereocenters. The molecule has 0 radical (unpaired) electrons. The van der Waals surface area contributed by atoms with Crippen LogP contribution < -0.4 is 9.80 Å². The van der Waals surface area contributed by atoms with Crippen molar-refractivity contribution in [1.29, 1.82) is 0 Å². The molecule has 0 aliphatic heterocycles. The van der Waals surface area contributed by atoms with E-state index < -0.39 is 0 Å². The first kappa shape index (κ1) is 41.8. The fourth-order valence-corrected chi connectivity index (χ4v) is 11.6. The average Bonchev–Trinajstić information content (AvgIpc) is 4.03. The van der Waals surface area contributed by atoms with E-state index in [9.17, 15) is 0 Å². The highest BCUT2D eigenvalue weighted by molar-refractivity contribution is 6.29. The van der Waals surface area contributed by atoms with Crippen LogP contribution in [0.25, 0.3) is 98.4 Å². The van der Waals surface area contributed by atoms with Crippen LogP contribution in [0.3, 0.4) is 0 Å². The van der Waals surface area contributed by atoms with Gasteiger partial charge in [0.1, 0.15) is 22.3 Å². The van der Waals surface area contributed by atoms with E-state index in [4.69, 9.17) is 8.83 Å². The molecule has 12 aromatic carbocycles. The number of hydrogen-bond acceptors (Lipinski definition) is 4. The second kappa shape index (κ2) is 16.8. The smallest absolute Gasteiger partial charge is 0.143 e. The maximum atomic E-state index is 6.59. The van der Waals surface area contributed by atoms with Gasteiger partial charge in [-0.1, -0.05) is 172 Å². The Hall–Kier alpha value is -9.12. The summed E-state index contributed by atoms with van der Waals surface area (Å²) in [5.74, 6) is 0. The molecule has 0 unspecified atom stereocenters. The van der Waals surface area contributed by atoms with Crippen LogP contribution in [0.5, 0.6) is 0 Å². The van der Waals surface area contributed by atoms with Crippen LogP contribution >= 0.6 is 0 Å². The van der Waals surface area contributed by atoms with Gasteiger partial charge in [0, 0.05) is 66.2 Å². The van der Waals surface area contributed by atoms with Crippen molar-refractivity contribution >= 4 is 110 Å². The third kappa shape index (κ3) is 6.53. The van der Waals surface area contributed by atoms with Gasteiger partial charge in [-0.05, 0) is 129 Å². The Kier molecular flexibility index (Phi) is 9.75. The molecule has 0 saturated carbocycles. The maximum absolute atomic E-state index is 6.59.